The van der Waals surface area contributed by atoms with E-state index in [2.05, 4.69) is 29.2 Å². The van der Waals surface area contributed by atoms with E-state index in [1.165, 1.54) is 11.1 Å². The minimum absolute atomic E-state index is 0. The Hall–Kier alpha value is -0.660. The lowest BCUT2D eigenvalue weighted by molar-refractivity contribution is 0.0199. The Morgan fingerprint density at radius 1 is 1.15 bits per heavy atom. The van der Waals surface area contributed by atoms with E-state index >= 15 is 0 Å². The third-order valence-electron chi connectivity index (χ3n) is 6.65. The Bertz CT molecular complexity index is 753. The summed E-state index contributed by atoms with van der Waals surface area (Å²) in [6.45, 7) is 7.77. The molecule has 3 aliphatic rings. The zero-order valence-electron chi connectivity index (χ0n) is 16.4. The maximum atomic E-state index is 13.2. The first-order valence-electron chi connectivity index (χ1n) is 10.1. The van der Waals surface area contributed by atoms with Gasteiger partial charge in [0.25, 0.3) is 10.2 Å². The van der Waals surface area contributed by atoms with Gasteiger partial charge in [0.15, 0.2) is 0 Å². The minimum atomic E-state index is -3.36. The highest BCUT2D eigenvalue weighted by atomic mass is 35.5. The molecule has 7 heteroatoms. The van der Waals surface area contributed by atoms with E-state index in [-0.39, 0.29) is 18.4 Å². The predicted molar refractivity (Wildman–Crippen MR) is 111 cm³/mol. The van der Waals surface area contributed by atoms with Crippen molar-refractivity contribution >= 4 is 22.6 Å². The number of benzene rings is 1. The Morgan fingerprint density at radius 3 is 2.63 bits per heavy atom. The van der Waals surface area contributed by atoms with Gasteiger partial charge >= 0.3 is 0 Å². The number of nitrogens with zero attached hydrogens (tertiary/aromatic N) is 3. The number of fused-ring (bicyclic) bond motifs is 4. The molecular formula is C20H32ClN3O2S. The van der Waals surface area contributed by atoms with Crippen LogP contribution < -0.4 is 0 Å². The maximum absolute atomic E-state index is 13.2. The van der Waals surface area contributed by atoms with Crippen molar-refractivity contribution in [2.45, 2.75) is 51.6 Å². The molecule has 0 aromatic heterocycles. The topological polar surface area (TPSA) is 43.9 Å². The molecule has 0 spiro atoms. The third kappa shape index (κ3) is 3.67. The van der Waals surface area contributed by atoms with Crippen LogP contribution in [0.25, 0.3) is 0 Å². The molecule has 1 aromatic carbocycles. The molecule has 2 saturated heterocycles. The molecule has 0 amide bonds. The highest BCUT2D eigenvalue weighted by molar-refractivity contribution is 7.86. The molecule has 0 unspecified atom stereocenters. The summed E-state index contributed by atoms with van der Waals surface area (Å²) in [4.78, 5) is 2.61. The lowest BCUT2D eigenvalue weighted by atomic mass is 9.77. The van der Waals surface area contributed by atoms with Gasteiger partial charge in [0.1, 0.15) is 0 Å². The van der Waals surface area contributed by atoms with E-state index < -0.39 is 10.2 Å². The summed E-state index contributed by atoms with van der Waals surface area (Å²) < 4.78 is 30.0. The molecule has 5 nitrogen and oxygen atoms in total. The van der Waals surface area contributed by atoms with Gasteiger partial charge in [0, 0.05) is 44.8 Å². The molecule has 2 fully saturated rings. The zero-order valence-corrected chi connectivity index (χ0v) is 18.0. The Balaban J connectivity index is 0.00000210. The van der Waals surface area contributed by atoms with Crippen LogP contribution in [0.5, 0.6) is 0 Å². The quantitative estimate of drug-likeness (QED) is 0.761. The zero-order chi connectivity index (χ0) is 18.3. The fraction of sp³-hybridized carbons (Fsp3) is 0.700. The standard InChI is InChI=1S/C20H31N3O2S.ClH/c1-3-22(4-2)26(24,25)23-12-7-9-17-15-21-13-11-16-8-5-6-10-18(16)20(21)14-19(17)23;/h5-6,8,10,17,19-20H,3-4,7,9,11-15H2,1-2H3;1H/t17-,19+,20-;/m1./s1. The smallest absolute Gasteiger partial charge is 0.282 e. The molecule has 0 bridgehead atoms. The van der Waals surface area contributed by atoms with Crippen molar-refractivity contribution in [1.29, 1.82) is 0 Å². The summed E-state index contributed by atoms with van der Waals surface area (Å²) in [6.07, 6.45) is 4.18. The molecule has 0 N–H and O–H groups in total. The number of piperidine rings is 2. The summed E-state index contributed by atoms with van der Waals surface area (Å²) in [5.41, 5.74) is 2.86. The SMILES string of the molecule is CCN(CC)S(=O)(=O)N1CCC[C@@H]2CN3CCc4ccccc4[C@H]3C[C@@H]21.Cl. The van der Waals surface area contributed by atoms with Crippen molar-refractivity contribution in [2.24, 2.45) is 5.92 Å². The lowest BCUT2D eigenvalue weighted by Gasteiger charge is -2.52. The summed E-state index contributed by atoms with van der Waals surface area (Å²) in [5, 5.41) is 0. The normalized spacial score (nSPS) is 28.8. The third-order valence-corrected chi connectivity index (χ3v) is 8.87. The maximum Gasteiger partial charge on any atom is 0.282 e. The van der Waals surface area contributed by atoms with Crippen molar-refractivity contribution in [2.75, 3.05) is 32.7 Å². The summed E-state index contributed by atoms with van der Waals surface area (Å²) >= 11 is 0. The molecule has 0 radical (unpaired) electrons. The monoisotopic (exact) mass is 413 g/mol. The van der Waals surface area contributed by atoms with Crippen LogP contribution in [0.1, 0.15) is 50.3 Å². The van der Waals surface area contributed by atoms with Crippen LogP contribution in [0.4, 0.5) is 0 Å². The lowest BCUT2D eigenvalue weighted by Crippen LogP contribution is -2.59. The van der Waals surface area contributed by atoms with Gasteiger partial charge in [-0.05, 0) is 42.7 Å². The summed E-state index contributed by atoms with van der Waals surface area (Å²) in [7, 11) is -3.36. The molecule has 152 valence electrons. The van der Waals surface area contributed by atoms with E-state index in [1.54, 1.807) is 4.31 Å². The van der Waals surface area contributed by atoms with Crippen LogP contribution in [-0.2, 0) is 16.6 Å². The predicted octanol–water partition coefficient (Wildman–Crippen LogP) is 3.08. The van der Waals surface area contributed by atoms with Crippen LogP contribution in [0.15, 0.2) is 24.3 Å². The van der Waals surface area contributed by atoms with Crippen LogP contribution in [0.3, 0.4) is 0 Å². The molecule has 3 aliphatic heterocycles. The molecule has 3 heterocycles. The van der Waals surface area contributed by atoms with Gasteiger partial charge in [-0.2, -0.15) is 17.0 Å². The fourth-order valence-corrected chi connectivity index (χ4v) is 7.25. The van der Waals surface area contributed by atoms with Crippen LogP contribution in [0, 0.1) is 5.92 Å². The summed E-state index contributed by atoms with van der Waals surface area (Å²) in [6, 6.07) is 9.25. The second-order valence-electron chi connectivity index (χ2n) is 7.87. The van der Waals surface area contributed by atoms with Crippen molar-refractivity contribution < 1.29 is 8.42 Å². The molecule has 1 aromatic rings. The van der Waals surface area contributed by atoms with E-state index in [9.17, 15) is 8.42 Å². The number of hydrogen-bond donors (Lipinski definition) is 0. The highest BCUT2D eigenvalue weighted by Crippen LogP contribution is 2.43. The average Bonchev–Trinajstić information content (AvgIpc) is 2.66. The summed E-state index contributed by atoms with van der Waals surface area (Å²) in [5.74, 6) is 0.468. The van der Waals surface area contributed by atoms with Gasteiger partial charge in [-0.15, -0.1) is 12.4 Å². The molecule has 3 atom stereocenters. The van der Waals surface area contributed by atoms with Gasteiger partial charge in [-0.25, -0.2) is 0 Å². The first-order valence-corrected chi connectivity index (χ1v) is 11.5. The molecule has 27 heavy (non-hydrogen) atoms. The second kappa shape index (κ2) is 8.37. The Kier molecular flexibility index (Phi) is 6.53. The first kappa shape index (κ1) is 21.1. The van der Waals surface area contributed by atoms with Crippen LogP contribution >= 0.6 is 12.4 Å². The minimum Gasteiger partial charge on any atom is -0.296 e. The van der Waals surface area contributed by atoms with Crippen molar-refractivity contribution in [3.05, 3.63) is 35.4 Å². The van der Waals surface area contributed by atoms with Crippen molar-refractivity contribution in [1.82, 2.24) is 13.5 Å². The van der Waals surface area contributed by atoms with E-state index in [0.717, 1.165) is 38.8 Å². The molecule has 0 saturated carbocycles. The Labute approximate surface area is 170 Å². The second-order valence-corrected chi connectivity index (χ2v) is 9.75. The van der Waals surface area contributed by atoms with Crippen molar-refractivity contribution in [3.8, 4) is 0 Å². The van der Waals surface area contributed by atoms with Gasteiger partial charge in [0.05, 0.1) is 0 Å². The molecule has 4 rings (SSSR count). The van der Waals surface area contributed by atoms with E-state index in [4.69, 9.17) is 0 Å². The first-order chi connectivity index (χ1) is 12.6. The molecular weight excluding hydrogens is 382 g/mol. The number of halogens is 1. The van der Waals surface area contributed by atoms with Crippen LogP contribution in [-0.4, -0.2) is 60.7 Å². The van der Waals surface area contributed by atoms with Gasteiger partial charge in [-0.1, -0.05) is 38.1 Å². The van der Waals surface area contributed by atoms with E-state index in [0.29, 0.717) is 31.6 Å². The van der Waals surface area contributed by atoms with E-state index in [1.807, 2.05) is 18.2 Å². The average molecular weight is 414 g/mol. The Morgan fingerprint density at radius 2 is 1.89 bits per heavy atom. The fourth-order valence-electron chi connectivity index (χ4n) is 5.34. The van der Waals surface area contributed by atoms with Gasteiger partial charge in [0.2, 0.25) is 0 Å². The largest absolute Gasteiger partial charge is 0.296 e. The molecule has 0 aliphatic carbocycles. The van der Waals surface area contributed by atoms with Gasteiger partial charge in [-0.3, -0.25) is 4.90 Å². The van der Waals surface area contributed by atoms with Gasteiger partial charge < -0.3 is 0 Å². The van der Waals surface area contributed by atoms with Crippen LogP contribution in [0.2, 0.25) is 0 Å². The highest BCUT2D eigenvalue weighted by Gasteiger charge is 2.46. The number of hydrogen-bond acceptors (Lipinski definition) is 3. The number of rotatable bonds is 4. The van der Waals surface area contributed by atoms with Crippen molar-refractivity contribution in [3.63, 3.8) is 0 Å².